The Bertz CT molecular complexity index is 640. The van der Waals surface area contributed by atoms with Gasteiger partial charge in [-0.1, -0.05) is 34.1 Å². The maximum absolute atomic E-state index is 13.0. The second-order valence-corrected chi connectivity index (χ2v) is 5.63. The summed E-state index contributed by atoms with van der Waals surface area (Å²) in [5, 5.41) is 0. The molecule has 104 valence electrons. The number of anilines is 1. The topological polar surface area (TPSA) is 20.3 Å². The zero-order chi connectivity index (χ0) is 14.7. The van der Waals surface area contributed by atoms with Crippen LogP contribution in [0.3, 0.4) is 0 Å². The van der Waals surface area contributed by atoms with Gasteiger partial charge in [0, 0.05) is 36.2 Å². The van der Waals surface area contributed by atoms with Gasteiger partial charge < -0.3 is 4.90 Å². The second-order valence-electron chi connectivity index (χ2n) is 4.78. The molecule has 0 saturated heterocycles. The number of benzene rings is 2. The molecule has 2 nitrogen and oxygen atoms in total. The highest BCUT2D eigenvalue weighted by Crippen LogP contribution is 2.21. The SMILES string of the molecule is CN(C)c1cccc(C(=O)Cc2ccc(F)cc2Br)c1. The van der Waals surface area contributed by atoms with Crippen LogP contribution in [-0.4, -0.2) is 19.9 Å². The van der Waals surface area contributed by atoms with Crippen molar-refractivity contribution >= 4 is 27.4 Å². The minimum absolute atomic E-state index is 0.0148. The van der Waals surface area contributed by atoms with Gasteiger partial charge in [-0.05, 0) is 29.8 Å². The summed E-state index contributed by atoms with van der Waals surface area (Å²) in [7, 11) is 3.86. The molecule has 0 aliphatic carbocycles. The lowest BCUT2D eigenvalue weighted by molar-refractivity contribution is 0.0993. The molecule has 0 fully saturated rings. The van der Waals surface area contributed by atoms with Gasteiger partial charge in [-0.3, -0.25) is 4.79 Å². The number of Topliss-reactive ketones (excluding diaryl/α,β-unsaturated/α-hetero) is 1. The molecule has 0 radical (unpaired) electrons. The fourth-order valence-electron chi connectivity index (χ4n) is 1.90. The molecule has 0 bridgehead atoms. The first-order chi connectivity index (χ1) is 9.47. The average molecular weight is 336 g/mol. The van der Waals surface area contributed by atoms with Gasteiger partial charge in [0.1, 0.15) is 5.82 Å². The lowest BCUT2D eigenvalue weighted by Crippen LogP contribution is -2.10. The molecule has 0 heterocycles. The first-order valence-corrected chi connectivity index (χ1v) is 7.01. The lowest BCUT2D eigenvalue weighted by atomic mass is 10.0. The summed E-state index contributed by atoms with van der Waals surface area (Å²) in [6, 6.07) is 11.8. The Morgan fingerprint density at radius 2 is 1.95 bits per heavy atom. The molecule has 0 N–H and O–H groups in total. The maximum Gasteiger partial charge on any atom is 0.167 e. The van der Waals surface area contributed by atoms with Gasteiger partial charge in [-0.25, -0.2) is 4.39 Å². The molecule has 20 heavy (non-hydrogen) atoms. The molecule has 0 aliphatic rings. The van der Waals surface area contributed by atoms with E-state index in [0.717, 1.165) is 11.3 Å². The molecule has 0 aromatic heterocycles. The van der Waals surface area contributed by atoms with Crippen molar-refractivity contribution in [3.8, 4) is 0 Å². The number of carbonyl (C=O) groups is 1. The van der Waals surface area contributed by atoms with E-state index in [1.807, 2.05) is 37.2 Å². The number of hydrogen-bond donors (Lipinski definition) is 0. The molecule has 2 rings (SSSR count). The van der Waals surface area contributed by atoms with Crippen molar-refractivity contribution < 1.29 is 9.18 Å². The van der Waals surface area contributed by atoms with Gasteiger partial charge in [0.25, 0.3) is 0 Å². The highest BCUT2D eigenvalue weighted by molar-refractivity contribution is 9.10. The number of rotatable bonds is 4. The van der Waals surface area contributed by atoms with Gasteiger partial charge in [-0.2, -0.15) is 0 Å². The largest absolute Gasteiger partial charge is 0.378 e. The highest BCUT2D eigenvalue weighted by atomic mass is 79.9. The van der Waals surface area contributed by atoms with Crippen LogP contribution in [0.5, 0.6) is 0 Å². The third-order valence-corrected chi connectivity index (χ3v) is 3.79. The standard InChI is InChI=1S/C16H15BrFNO/c1-19(2)14-5-3-4-12(8-14)16(20)9-11-6-7-13(18)10-15(11)17/h3-8,10H,9H2,1-2H3. The van der Waals surface area contributed by atoms with Crippen LogP contribution >= 0.6 is 15.9 Å². The predicted molar refractivity (Wildman–Crippen MR) is 82.9 cm³/mol. The molecule has 0 aliphatic heterocycles. The van der Waals surface area contributed by atoms with Crippen molar-refractivity contribution in [1.29, 1.82) is 0 Å². The van der Waals surface area contributed by atoms with Crippen LogP contribution in [0.25, 0.3) is 0 Å². The molecule has 2 aromatic carbocycles. The molecular weight excluding hydrogens is 321 g/mol. The second kappa shape index (κ2) is 6.18. The van der Waals surface area contributed by atoms with E-state index in [4.69, 9.17) is 0 Å². The van der Waals surface area contributed by atoms with Crippen molar-refractivity contribution in [2.75, 3.05) is 19.0 Å². The predicted octanol–water partition coefficient (Wildman–Crippen LogP) is 4.08. The van der Waals surface area contributed by atoms with Crippen molar-refractivity contribution in [3.05, 3.63) is 63.9 Å². The summed E-state index contributed by atoms with van der Waals surface area (Å²) in [5.41, 5.74) is 2.42. The molecule has 2 aromatic rings. The van der Waals surface area contributed by atoms with Gasteiger partial charge in [0.2, 0.25) is 0 Å². The number of ketones is 1. The Morgan fingerprint density at radius 3 is 2.60 bits per heavy atom. The normalized spacial score (nSPS) is 10.4. The van der Waals surface area contributed by atoms with Crippen molar-refractivity contribution in [3.63, 3.8) is 0 Å². The van der Waals surface area contributed by atoms with E-state index < -0.39 is 0 Å². The van der Waals surface area contributed by atoms with Crippen LogP contribution < -0.4 is 4.90 Å². The maximum atomic E-state index is 13.0. The van der Waals surface area contributed by atoms with Crippen molar-refractivity contribution in [2.45, 2.75) is 6.42 Å². The van der Waals surface area contributed by atoms with Crippen LogP contribution in [0, 0.1) is 5.82 Å². The van der Waals surface area contributed by atoms with Crippen LogP contribution in [0.2, 0.25) is 0 Å². The Hall–Kier alpha value is -1.68. The van der Waals surface area contributed by atoms with Gasteiger partial charge >= 0.3 is 0 Å². The zero-order valence-corrected chi connectivity index (χ0v) is 12.9. The van der Waals surface area contributed by atoms with Gasteiger partial charge in [-0.15, -0.1) is 0 Å². The van der Waals surface area contributed by atoms with Crippen molar-refractivity contribution in [1.82, 2.24) is 0 Å². The van der Waals surface area contributed by atoms with E-state index in [0.29, 0.717) is 10.0 Å². The summed E-state index contributed by atoms with van der Waals surface area (Å²) in [6.07, 6.45) is 0.248. The van der Waals surface area contributed by atoms with Gasteiger partial charge in [0.05, 0.1) is 0 Å². The molecule has 4 heteroatoms. The van der Waals surface area contributed by atoms with Gasteiger partial charge in [0.15, 0.2) is 5.78 Å². The highest BCUT2D eigenvalue weighted by Gasteiger charge is 2.11. The monoisotopic (exact) mass is 335 g/mol. The summed E-state index contributed by atoms with van der Waals surface area (Å²) in [5.74, 6) is -0.302. The van der Waals surface area contributed by atoms with Crippen LogP contribution in [-0.2, 0) is 6.42 Å². The fourth-order valence-corrected chi connectivity index (χ4v) is 2.39. The summed E-state index contributed by atoms with van der Waals surface area (Å²) >= 11 is 3.29. The summed E-state index contributed by atoms with van der Waals surface area (Å²) < 4.78 is 13.6. The van der Waals surface area contributed by atoms with E-state index in [9.17, 15) is 9.18 Å². The minimum Gasteiger partial charge on any atom is -0.378 e. The van der Waals surface area contributed by atoms with Crippen LogP contribution in [0.1, 0.15) is 15.9 Å². The molecule has 0 unspecified atom stereocenters. The third kappa shape index (κ3) is 3.45. The molecular formula is C16H15BrFNO. The van der Waals surface area contributed by atoms with E-state index >= 15 is 0 Å². The minimum atomic E-state index is -0.317. The summed E-state index contributed by atoms with van der Waals surface area (Å²) in [4.78, 5) is 14.2. The number of nitrogens with zero attached hydrogens (tertiary/aromatic N) is 1. The van der Waals surface area contributed by atoms with Crippen LogP contribution in [0.4, 0.5) is 10.1 Å². The Labute approximate surface area is 126 Å². The number of halogens is 2. The Kier molecular flexibility index (Phi) is 4.55. The first-order valence-electron chi connectivity index (χ1n) is 6.22. The quantitative estimate of drug-likeness (QED) is 0.784. The molecule has 0 spiro atoms. The third-order valence-electron chi connectivity index (χ3n) is 3.05. The van der Waals surface area contributed by atoms with Crippen molar-refractivity contribution in [2.24, 2.45) is 0 Å². The number of carbonyl (C=O) groups excluding carboxylic acids is 1. The van der Waals surface area contributed by atoms with E-state index in [2.05, 4.69) is 15.9 Å². The fraction of sp³-hybridized carbons (Fsp3) is 0.188. The van der Waals surface area contributed by atoms with Crippen LogP contribution in [0.15, 0.2) is 46.9 Å². The summed E-state index contributed by atoms with van der Waals surface area (Å²) in [6.45, 7) is 0. The van der Waals surface area contributed by atoms with E-state index in [1.165, 1.54) is 12.1 Å². The molecule has 0 saturated carbocycles. The average Bonchev–Trinajstić information content (AvgIpc) is 2.42. The Balaban J connectivity index is 2.21. The number of hydrogen-bond acceptors (Lipinski definition) is 2. The smallest absolute Gasteiger partial charge is 0.167 e. The zero-order valence-electron chi connectivity index (χ0n) is 11.4. The van der Waals surface area contributed by atoms with E-state index in [-0.39, 0.29) is 18.0 Å². The van der Waals surface area contributed by atoms with E-state index in [1.54, 1.807) is 12.1 Å². The lowest BCUT2D eigenvalue weighted by Gasteiger charge is -2.13. The Morgan fingerprint density at radius 1 is 1.20 bits per heavy atom. The molecule has 0 atom stereocenters. The first kappa shape index (κ1) is 14.7. The molecule has 0 amide bonds.